The van der Waals surface area contributed by atoms with Gasteiger partial charge < -0.3 is 9.73 Å². The normalized spacial score (nSPS) is 20.1. The van der Waals surface area contributed by atoms with Crippen molar-refractivity contribution >= 4 is 19.9 Å². The minimum absolute atomic E-state index is 0.0199. The van der Waals surface area contributed by atoms with Crippen LogP contribution in [0.3, 0.4) is 0 Å². The van der Waals surface area contributed by atoms with E-state index in [1.165, 1.54) is 6.07 Å². The third-order valence-corrected chi connectivity index (χ3v) is 6.47. The van der Waals surface area contributed by atoms with Crippen molar-refractivity contribution in [3.05, 3.63) is 17.9 Å². The van der Waals surface area contributed by atoms with Crippen molar-refractivity contribution in [2.45, 2.75) is 18.6 Å². The Balaban J connectivity index is 2.12. The molecule has 114 valence electrons. The Morgan fingerprint density at radius 3 is 2.55 bits per heavy atom. The summed E-state index contributed by atoms with van der Waals surface area (Å²) in [5, 5.41) is 2.90. The number of nitrogens with zero attached hydrogens (tertiary/aromatic N) is 1. The van der Waals surface area contributed by atoms with Crippen LogP contribution in [0.5, 0.6) is 0 Å². The summed E-state index contributed by atoms with van der Waals surface area (Å²) in [4.78, 5) is 0. The summed E-state index contributed by atoms with van der Waals surface area (Å²) in [6.07, 6.45) is 0. The maximum atomic E-state index is 12.3. The molecule has 0 saturated carbocycles. The second-order valence-electron chi connectivity index (χ2n) is 4.56. The zero-order valence-corrected chi connectivity index (χ0v) is 12.8. The molecule has 7 nitrogen and oxygen atoms in total. The van der Waals surface area contributed by atoms with Gasteiger partial charge in [0, 0.05) is 13.1 Å². The molecule has 1 N–H and O–H groups in total. The Kier molecular flexibility index (Phi) is 4.52. The topological polar surface area (TPSA) is 96.7 Å². The van der Waals surface area contributed by atoms with Crippen LogP contribution in [-0.2, 0) is 26.4 Å². The molecule has 1 fully saturated rings. The lowest BCUT2D eigenvalue weighted by Gasteiger charge is -2.24. The van der Waals surface area contributed by atoms with E-state index in [4.69, 9.17) is 4.42 Å². The highest BCUT2D eigenvalue weighted by Crippen LogP contribution is 2.20. The molecule has 0 radical (unpaired) electrons. The van der Waals surface area contributed by atoms with E-state index in [0.29, 0.717) is 12.3 Å². The lowest BCUT2D eigenvalue weighted by atomic mass is 10.4. The van der Waals surface area contributed by atoms with Gasteiger partial charge in [-0.25, -0.2) is 16.8 Å². The summed E-state index contributed by atoms with van der Waals surface area (Å²) in [5.41, 5.74) is 0. The van der Waals surface area contributed by atoms with Gasteiger partial charge in [0.05, 0.1) is 18.1 Å². The second-order valence-corrected chi connectivity index (χ2v) is 8.73. The fourth-order valence-electron chi connectivity index (χ4n) is 1.90. The molecule has 1 saturated heterocycles. The summed E-state index contributed by atoms with van der Waals surface area (Å²) in [5.74, 6) is 0.254. The fraction of sp³-hybridized carbons (Fsp3) is 0.636. The van der Waals surface area contributed by atoms with Gasteiger partial charge in [0.25, 0.3) is 10.0 Å². The monoisotopic (exact) mass is 322 g/mol. The molecule has 2 rings (SSSR count). The average molecular weight is 322 g/mol. The molecule has 0 atom stereocenters. The van der Waals surface area contributed by atoms with Crippen LogP contribution < -0.4 is 5.32 Å². The van der Waals surface area contributed by atoms with E-state index in [0.717, 1.165) is 10.8 Å². The van der Waals surface area contributed by atoms with Crippen LogP contribution in [0, 0.1) is 0 Å². The molecule has 0 amide bonds. The smallest absolute Gasteiger partial charge is 0.276 e. The van der Waals surface area contributed by atoms with Crippen LogP contribution in [0.15, 0.2) is 21.6 Å². The van der Waals surface area contributed by atoms with Gasteiger partial charge in [-0.2, -0.15) is 4.31 Å². The van der Waals surface area contributed by atoms with Crippen molar-refractivity contribution in [3.8, 4) is 0 Å². The van der Waals surface area contributed by atoms with Crippen LogP contribution in [-0.4, -0.2) is 52.3 Å². The molecule has 1 aliphatic heterocycles. The van der Waals surface area contributed by atoms with Gasteiger partial charge in [-0.3, -0.25) is 0 Å². The summed E-state index contributed by atoms with van der Waals surface area (Å²) in [6, 6.07) is 3.02. The first-order valence-corrected chi connectivity index (χ1v) is 9.61. The number of rotatable bonds is 5. The molecule has 0 unspecified atom stereocenters. The quantitative estimate of drug-likeness (QED) is 0.807. The van der Waals surface area contributed by atoms with Crippen molar-refractivity contribution in [2.24, 2.45) is 0 Å². The van der Waals surface area contributed by atoms with E-state index >= 15 is 0 Å². The lowest BCUT2D eigenvalue weighted by Crippen LogP contribution is -2.43. The van der Waals surface area contributed by atoms with Crippen LogP contribution in [0.25, 0.3) is 0 Å². The Hall–Kier alpha value is -0.900. The molecule has 0 bridgehead atoms. The maximum absolute atomic E-state index is 12.3. The maximum Gasteiger partial charge on any atom is 0.276 e. The molecule has 1 aromatic heterocycles. The van der Waals surface area contributed by atoms with Crippen molar-refractivity contribution in [2.75, 3.05) is 31.1 Å². The molecular weight excluding hydrogens is 304 g/mol. The number of nitrogens with one attached hydrogen (secondary N) is 1. The van der Waals surface area contributed by atoms with E-state index in [-0.39, 0.29) is 29.7 Å². The molecule has 0 spiro atoms. The number of sulfonamides is 1. The van der Waals surface area contributed by atoms with Gasteiger partial charge >= 0.3 is 0 Å². The van der Waals surface area contributed by atoms with Crippen LogP contribution >= 0.6 is 0 Å². The third kappa shape index (κ3) is 3.40. The first kappa shape index (κ1) is 15.5. The molecule has 20 heavy (non-hydrogen) atoms. The van der Waals surface area contributed by atoms with Gasteiger partial charge in [-0.1, -0.05) is 6.92 Å². The van der Waals surface area contributed by atoms with E-state index in [2.05, 4.69) is 5.32 Å². The van der Waals surface area contributed by atoms with E-state index in [1.54, 1.807) is 6.07 Å². The van der Waals surface area contributed by atoms with Crippen LogP contribution in [0.4, 0.5) is 0 Å². The minimum atomic E-state index is -3.74. The summed E-state index contributed by atoms with van der Waals surface area (Å²) >= 11 is 0. The van der Waals surface area contributed by atoms with Gasteiger partial charge in [0.15, 0.2) is 9.84 Å². The standard InChI is InChI=1S/C11H18N2O5S2/c1-2-12-9-10-3-4-11(18-10)20(16,17)13-5-7-19(14,15)8-6-13/h3-4,12H,2,5-9H2,1H3. The lowest BCUT2D eigenvalue weighted by molar-refractivity contribution is 0.371. The van der Waals surface area contributed by atoms with Crippen LogP contribution in [0.2, 0.25) is 0 Å². The van der Waals surface area contributed by atoms with E-state index in [1.807, 2.05) is 6.92 Å². The van der Waals surface area contributed by atoms with Gasteiger partial charge in [0.2, 0.25) is 5.09 Å². The first-order valence-electron chi connectivity index (χ1n) is 6.35. The first-order chi connectivity index (χ1) is 9.35. The van der Waals surface area contributed by atoms with Crippen molar-refractivity contribution in [1.29, 1.82) is 0 Å². The molecule has 0 aromatic carbocycles. The van der Waals surface area contributed by atoms with Crippen LogP contribution in [0.1, 0.15) is 12.7 Å². The largest absolute Gasteiger partial charge is 0.447 e. The highest BCUT2D eigenvalue weighted by Gasteiger charge is 2.33. The number of hydrogen-bond acceptors (Lipinski definition) is 6. The fourth-order valence-corrected chi connectivity index (χ4v) is 4.71. The SMILES string of the molecule is CCNCc1ccc(S(=O)(=O)N2CCS(=O)(=O)CC2)o1. The Morgan fingerprint density at radius 1 is 1.30 bits per heavy atom. The number of hydrogen-bond donors (Lipinski definition) is 1. The van der Waals surface area contributed by atoms with Gasteiger partial charge in [-0.15, -0.1) is 0 Å². The number of sulfone groups is 1. The van der Waals surface area contributed by atoms with E-state index < -0.39 is 19.9 Å². The van der Waals surface area contributed by atoms with Crippen molar-refractivity contribution in [1.82, 2.24) is 9.62 Å². The Bertz CT molecular complexity index is 649. The van der Waals surface area contributed by atoms with Gasteiger partial charge in [-0.05, 0) is 18.7 Å². The molecule has 2 heterocycles. The van der Waals surface area contributed by atoms with Crippen molar-refractivity contribution in [3.63, 3.8) is 0 Å². The van der Waals surface area contributed by atoms with Crippen molar-refractivity contribution < 1.29 is 21.3 Å². The third-order valence-electron chi connectivity index (χ3n) is 3.08. The molecule has 1 aliphatic rings. The summed E-state index contributed by atoms with van der Waals surface area (Å²) in [7, 11) is -6.85. The summed E-state index contributed by atoms with van der Waals surface area (Å²) in [6.45, 7) is 3.11. The van der Waals surface area contributed by atoms with E-state index in [9.17, 15) is 16.8 Å². The number of furan rings is 1. The second kappa shape index (κ2) is 5.84. The zero-order valence-electron chi connectivity index (χ0n) is 11.2. The molecule has 9 heteroatoms. The predicted octanol–water partition coefficient (Wildman–Crippen LogP) is -0.192. The molecular formula is C11H18N2O5S2. The summed E-state index contributed by atoms with van der Waals surface area (Å²) < 4.78 is 53.7. The molecule has 0 aliphatic carbocycles. The Labute approximate surface area is 118 Å². The zero-order chi connectivity index (χ0) is 14.8. The average Bonchev–Trinajstić information content (AvgIpc) is 2.85. The minimum Gasteiger partial charge on any atom is -0.447 e. The highest BCUT2D eigenvalue weighted by atomic mass is 32.2. The Morgan fingerprint density at radius 2 is 1.95 bits per heavy atom. The highest BCUT2D eigenvalue weighted by molar-refractivity contribution is 7.92. The van der Waals surface area contributed by atoms with Gasteiger partial charge in [0.1, 0.15) is 5.76 Å². The molecule has 1 aromatic rings. The predicted molar refractivity (Wildman–Crippen MR) is 73.5 cm³/mol.